The second-order valence-electron chi connectivity index (χ2n) is 5.95. The Kier molecular flexibility index (Phi) is 6.68. The monoisotopic (exact) mass is 367 g/mol. The third-order valence-electron chi connectivity index (χ3n) is 4.18. The molecule has 1 aliphatic heterocycles. The van der Waals surface area contributed by atoms with E-state index in [2.05, 4.69) is 16.0 Å². The van der Waals surface area contributed by atoms with Crippen LogP contribution >= 0.6 is 0 Å². The first-order chi connectivity index (χ1) is 12.4. The minimum absolute atomic E-state index is 0.165. The Labute approximate surface area is 151 Å². The zero-order valence-electron chi connectivity index (χ0n) is 15.0. The number of carbonyl (C=O) groups is 2. The van der Waals surface area contributed by atoms with E-state index in [1.165, 1.54) is 6.07 Å². The normalized spacial score (nSPS) is 18.2. The summed E-state index contributed by atoms with van der Waals surface area (Å²) >= 11 is 0. The number of esters is 1. The maximum Gasteiger partial charge on any atom is 0.337 e. The van der Waals surface area contributed by atoms with Gasteiger partial charge in [0, 0.05) is 18.3 Å². The largest absolute Gasteiger partial charge is 0.463 e. The molecular weight excluding hydrogens is 344 g/mol. The fourth-order valence-electron chi connectivity index (χ4n) is 2.76. The van der Waals surface area contributed by atoms with Crippen LogP contribution in [-0.2, 0) is 9.53 Å². The van der Waals surface area contributed by atoms with Crippen molar-refractivity contribution in [3.8, 4) is 0 Å². The summed E-state index contributed by atoms with van der Waals surface area (Å²) in [5.41, 5.74) is 1.32. The first-order valence-electron chi connectivity index (χ1n) is 8.53. The van der Waals surface area contributed by atoms with Gasteiger partial charge in [-0.2, -0.15) is 0 Å². The van der Waals surface area contributed by atoms with Crippen LogP contribution in [0.3, 0.4) is 0 Å². The topological polar surface area (TPSA) is 79.5 Å². The molecule has 0 fully saturated rings. The molecule has 2 amide bonds. The van der Waals surface area contributed by atoms with Crippen molar-refractivity contribution in [3.63, 3.8) is 0 Å². The van der Waals surface area contributed by atoms with Crippen molar-refractivity contribution in [1.29, 1.82) is 0 Å². The van der Waals surface area contributed by atoms with E-state index in [1.54, 1.807) is 13.8 Å². The van der Waals surface area contributed by atoms with E-state index >= 15 is 0 Å². The summed E-state index contributed by atoms with van der Waals surface area (Å²) < 4.78 is 31.6. The van der Waals surface area contributed by atoms with Crippen LogP contribution in [0, 0.1) is 11.6 Å². The summed E-state index contributed by atoms with van der Waals surface area (Å²) in [6.45, 7) is 5.72. The van der Waals surface area contributed by atoms with Gasteiger partial charge in [-0.25, -0.2) is 18.4 Å². The van der Waals surface area contributed by atoms with Gasteiger partial charge in [-0.05, 0) is 38.0 Å². The van der Waals surface area contributed by atoms with Gasteiger partial charge in [-0.3, -0.25) is 0 Å². The third kappa shape index (κ3) is 4.57. The van der Waals surface area contributed by atoms with Crippen molar-refractivity contribution >= 4 is 12.0 Å². The lowest BCUT2D eigenvalue weighted by Crippen LogP contribution is -2.52. The predicted octanol–water partition coefficient (Wildman–Crippen LogP) is 2.52. The van der Waals surface area contributed by atoms with E-state index in [-0.39, 0.29) is 19.2 Å². The molecule has 0 saturated heterocycles. The third-order valence-corrected chi connectivity index (χ3v) is 4.18. The van der Waals surface area contributed by atoms with Crippen LogP contribution in [0.15, 0.2) is 29.5 Å². The maximum absolute atomic E-state index is 13.4. The summed E-state index contributed by atoms with van der Waals surface area (Å²) in [5, 5.41) is 8.43. The molecule has 0 unspecified atom stereocenters. The quantitative estimate of drug-likeness (QED) is 0.647. The Bertz CT molecular complexity index is 722. The van der Waals surface area contributed by atoms with Crippen molar-refractivity contribution in [2.24, 2.45) is 0 Å². The molecule has 142 valence electrons. The zero-order valence-corrected chi connectivity index (χ0v) is 15.0. The summed E-state index contributed by atoms with van der Waals surface area (Å²) in [6, 6.07) is 2.48. The molecule has 0 spiro atoms. The van der Waals surface area contributed by atoms with E-state index in [9.17, 15) is 18.4 Å². The number of benzene rings is 1. The Morgan fingerprint density at radius 2 is 2.04 bits per heavy atom. The standard InChI is InChI=1S/C18H23F2N3O3/c1-4-14-16(17(24)26-5-2)15(23-18(25)22-14)9-21-10(3)11-6-7-12(19)13(20)8-11/h6-8,10,14,21H,4-5,9H2,1-3H3,(H2,22,23,25)/t10-,14+/m1/s1. The first kappa shape index (κ1) is 19.8. The molecule has 2 rings (SSSR count). The molecule has 0 bridgehead atoms. The first-order valence-corrected chi connectivity index (χ1v) is 8.53. The van der Waals surface area contributed by atoms with Crippen molar-refractivity contribution in [2.75, 3.05) is 13.2 Å². The van der Waals surface area contributed by atoms with Crippen LogP contribution in [0.25, 0.3) is 0 Å². The van der Waals surface area contributed by atoms with Gasteiger partial charge >= 0.3 is 12.0 Å². The zero-order chi connectivity index (χ0) is 19.3. The number of hydrogen-bond donors (Lipinski definition) is 3. The second-order valence-corrected chi connectivity index (χ2v) is 5.95. The molecule has 0 aliphatic carbocycles. The molecule has 0 radical (unpaired) electrons. The number of carbonyl (C=O) groups excluding carboxylic acids is 2. The molecule has 0 aromatic heterocycles. The highest BCUT2D eigenvalue weighted by Crippen LogP contribution is 2.19. The van der Waals surface area contributed by atoms with E-state index in [1.807, 2.05) is 6.92 Å². The lowest BCUT2D eigenvalue weighted by Gasteiger charge is -2.29. The van der Waals surface area contributed by atoms with Crippen LogP contribution in [0.2, 0.25) is 0 Å². The van der Waals surface area contributed by atoms with Gasteiger partial charge in [-0.1, -0.05) is 13.0 Å². The van der Waals surface area contributed by atoms with Crippen molar-refractivity contribution < 1.29 is 23.1 Å². The lowest BCUT2D eigenvalue weighted by atomic mass is 10.00. The van der Waals surface area contributed by atoms with Crippen LogP contribution in [0.5, 0.6) is 0 Å². The Morgan fingerprint density at radius 1 is 1.31 bits per heavy atom. The van der Waals surface area contributed by atoms with E-state index < -0.39 is 29.7 Å². The van der Waals surface area contributed by atoms with E-state index in [0.717, 1.165) is 12.1 Å². The van der Waals surface area contributed by atoms with Gasteiger partial charge in [0.1, 0.15) is 0 Å². The van der Waals surface area contributed by atoms with Crippen molar-refractivity contribution in [1.82, 2.24) is 16.0 Å². The smallest absolute Gasteiger partial charge is 0.337 e. The molecule has 1 aliphatic rings. The molecule has 2 atom stereocenters. The predicted molar refractivity (Wildman–Crippen MR) is 92.2 cm³/mol. The fraction of sp³-hybridized carbons (Fsp3) is 0.444. The summed E-state index contributed by atoms with van der Waals surface area (Å²) in [6.07, 6.45) is 0.532. The van der Waals surface area contributed by atoms with Crippen molar-refractivity contribution in [3.05, 3.63) is 46.7 Å². The minimum atomic E-state index is -0.927. The molecule has 26 heavy (non-hydrogen) atoms. The highest BCUT2D eigenvalue weighted by Gasteiger charge is 2.31. The number of halogens is 2. The Morgan fingerprint density at radius 3 is 2.65 bits per heavy atom. The average molecular weight is 367 g/mol. The summed E-state index contributed by atoms with van der Waals surface area (Å²) in [5.74, 6) is -2.34. The number of nitrogens with one attached hydrogen (secondary N) is 3. The van der Waals surface area contributed by atoms with Crippen molar-refractivity contribution in [2.45, 2.75) is 39.3 Å². The lowest BCUT2D eigenvalue weighted by molar-refractivity contribution is -0.139. The average Bonchev–Trinajstić information content (AvgIpc) is 2.61. The highest BCUT2D eigenvalue weighted by molar-refractivity contribution is 5.94. The van der Waals surface area contributed by atoms with Crippen LogP contribution < -0.4 is 16.0 Å². The molecule has 1 aromatic rings. The molecule has 0 saturated carbocycles. The SMILES string of the molecule is CCOC(=O)C1=C(CN[C@H](C)c2ccc(F)c(F)c2)NC(=O)N[C@H]1CC. The van der Waals surface area contributed by atoms with E-state index in [4.69, 9.17) is 4.74 Å². The summed E-state index contributed by atoms with van der Waals surface area (Å²) in [4.78, 5) is 24.1. The van der Waals surface area contributed by atoms with Gasteiger partial charge in [0.15, 0.2) is 11.6 Å². The van der Waals surface area contributed by atoms with Gasteiger partial charge < -0.3 is 20.7 Å². The summed E-state index contributed by atoms with van der Waals surface area (Å²) in [7, 11) is 0. The van der Waals surface area contributed by atoms with Gasteiger partial charge in [-0.15, -0.1) is 0 Å². The fourth-order valence-corrected chi connectivity index (χ4v) is 2.76. The van der Waals surface area contributed by atoms with Crippen LogP contribution in [0.4, 0.5) is 13.6 Å². The highest BCUT2D eigenvalue weighted by atomic mass is 19.2. The van der Waals surface area contributed by atoms with Gasteiger partial charge in [0.05, 0.1) is 18.2 Å². The molecular formula is C18H23F2N3O3. The number of amides is 2. The second kappa shape index (κ2) is 8.75. The molecule has 6 nitrogen and oxygen atoms in total. The molecule has 1 aromatic carbocycles. The van der Waals surface area contributed by atoms with E-state index in [0.29, 0.717) is 23.3 Å². The number of hydrogen-bond acceptors (Lipinski definition) is 4. The Hall–Kier alpha value is -2.48. The maximum atomic E-state index is 13.4. The molecule has 3 N–H and O–H groups in total. The van der Waals surface area contributed by atoms with Crippen LogP contribution in [-0.4, -0.2) is 31.2 Å². The molecule has 8 heteroatoms. The number of urea groups is 1. The Balaban J connectivity index is 2.20. The minimum Gasteiger partial charge on any atom is -0.463 e. The number of ether oxygens (including phenoxy) is 1. The van der Waals surface area contributed by atoms with Gasteiger partial charge in [0.2, 0.25) is 0 Å². The van der Waals surface area contributed by atoms with Gasteiger partial charge in [0.25, 0.3) is 0 Å². The molecule has 1 heterocycles. The van der Waals surface area contributed by atoms with Crippen LogP contribution in [0.1, 0.15) is 38.8 Å². The number of rotatable bonds is 7.